The van der Waals surface area contributed by atoms with Gasteiger partial charge in [0.15, 0.2) is 4.34 Å². The highest BCUT2D eigenvalue weighted by Crippen LogP contribution is 2.30. The Bertz CT molecular complexity index is 731. The second-order valence-electron chi connectivity index (χ2n) is 6.12. The summed E-state index contributed by atoms with van der Waals surface area (Å²) in [6.45, 7) is 7.71. The van der Waals surface area contributed by atoms with Gasteiger partial charge in [0, 0.05) is 11.6 Å². The highest BCUT2D eigenvalue weighted by molar-refractivity contribution is 8.02. The molecule has 0 bridgehead atoms. The Balaban J connectivity index is 1.96. The lowest BCUT2D eigenvalue weighted by atomic mass is 10.1. The van der Waals surface area contributed by atoms with E-state index in [1.54, 1.807) is 6.92 Å². The number of rotatable bonds is 5. The van der Waals surface area contributed by atoms with Gasteiger partial charge in [0.1, 0.15) is 11.6 Å². The Morgan fingerprint density at radius 2 is 2.00 bits per heavy atom. The summed E-state index contributed by atoms with van der Waals surface area (Å²) in [5.41, 5.74) is -0.189. The van der Waals surface area contributed by atoms with Crippen molar-refractivity contribution in [3.8, 4) is 0 Å². The molecule has 5 nitrogen and oxygen atoms in total. The van der Waals surface area contributed by atoms with E-state index in [2.05, 4.69) is 20.8 Å². The van der Waals surface area contributed by atoms with Crippen LogP contribution in [-0.2, 0) is 4.79 Å². The fourth-order valence-electron chi connectivity index (χ4n) is 1.66. The van der Waals surface area contributed by atoms with E-state index in [0.29, 0.717) is 9.47 Å². The van der Waals surface area contributed by atoms with Crippen molar-refractivity contribution in [3.05, 3.63) is 29.8 Å². The standard InChI is InChI=1S/C15H18F2N4OS2/c1-8(12(22)18-11-6-5-9(16)7-10(11)17)23-14-21-20-13(24-14)19-15(2,3)4/h5-8H,1-4H3,(H,18,22)(H,19,20). The number of nitrogens with zero attached hydrogens (tertiary/aromatic N) is 2. The van der Waals surface area contributed by atoms with Gasteiger partial charge in [-0.05, 0) is 39.8 Å². The number of amides is 1. The highest BCUT2D eigenvalue weighted by Gasteiger charge is 2.20. The number of nitrogens with one attached hydrogen (secondary N) is 2. The summed E-state index contributed by atoms with van der Waals surface area (Å²) in [5.74, 6) is -1.90. The number of carbonyl (C=O) groups excluding carboxylic acids is 1. The van der Waals surface area contributed by atoms with E-state index in [0.717, 1.165) is 12.1 Å². The van der Waals surface area contributed by atoms with E-state index < -0.39 is 22.8 Å². The first-order chi connectivity index (χ1) is 11.1. The fraction of sp³-hybridized carbons (Fsp3) is 0.400. The monoisotopic (exact) mass is 372 g/mol. The first kappa shape index (κ1) is 18.6. The molecule has 0 radical (unpaired) electrons. The van der Waals surface area contributed by atoms with Gasteiger partial charge in [-0.15, -0.1) is 10.2 Å². The van der Waals surface area contributed by atoms with Crippen LogP contribution in [0.1, 0.15) is 27.7 Å². The van der Waals surface area contributed by atoms with Crippen molar-refractivity contribution in [2.75, 3.05) is 10.6 Å². The molecule has 0 aliphatic heterocycles. The molecule has 1 aromatic heterocycles. The highest BCUT2D eigenvalue weighted by atomic mass is 32.2. The predicted octanol–water partition coefficient (Wildman–Crippen LogP) is 4.15. The first-order valence-corrected chi connectivity index (χ1v) is 8.88. The molecule has 130 valence electrons. The average molecular weight is 372 g/mol. The van der Waals surface area contributed by atoms with Crippen molar-refractivity contribution in [2.24, 2.45) is 0 Å². The Morgan fingerprint density at radius 1 is 1.29 bits per heavy atom. The molecular formula is C15H18F2N4OS2. The zero-order valence-corrected chi connectivity index (χ0v) is 15.3. The van der Waals surface area contributed by atoms with Crippen molar-refractivity contribution in [3.63, 3.8) is 0 Å². The summed E-state index contributed by atoms with van der Waals surface area (Å²) in [5, 5.41) is 13.9. The van der Waals surface area contributed by atoms with E-state index in [4.69, 9.17) is 0 Å². The summed E-state index contributed by atoms with van der Waals surface area (Å²) in [6.07, 6.45) is 0. The van der Waals surface area contributed by atoms with Crippen LogP contribution < -0.4 is 10.6 Å². The van der Waals surface area contributed by atoms with Crippen LogP contribution in [0.4, 0.5) is 19.6 Å². The van der Waals surface area contributed by atoms with Gasteiger partial charge >= 0.3 is 0 Å². The number of aromatic nitrogens is 2. The smallest absolute Gasteiger partial charge is 0.237 e. The first-order valence-electron chi connectivity index (χ1n) is 7.18. The molecule has 1 unspecified atom stereocenters. The van der Waals surface area contributed by atoms with Gasteiger partial charge in [-0.3, -0.25) is 4.79 Å². The van der Waals surface area contributed by atoms with Crippen LogP contribution in [0.25, 0.3) is 0 Å². The normalized spacial score (nSPS) is 12.8. The van der Waals surface area contributed by atoms with E-state index in [9.17, 15) is 13.6 Å². The maximum atomic E-state index is 13.6. The Labute approximate surface area is 147 Å². The lowest BCUT2D eigenvalue weighted by molar-refractivity contribution is -0.115. The molecule has 0 aliphatic rings. The van der Waals surface area contributed by atoms with Gasteiger partial charge in [0.2, 0.25) is 11.0 Å². The van der Waals surface area contributed by atoms with Crippen LogP contribution >= 0.6 is 23.1 Å². The van der Waals surface area contributed by atoms with Gasteiger partial charge in [-0.25, -0.2) is 8.78 Å². The van der Waals surface area contributed by atoms with E-state index in [-0.39, 0.29) is 11.2 Å². The molecular weight excluding hydrogens is 354 g/mol. The van der Waals surface area contributed by atoms with Gasteiger partial charge in [-0.2, -0.15) is 0 Å². The molecule has 1 amide bonds. The Hall–Kier alpha value is -1.74. The van der Waals surface area contributed by atoms with Crippen molar-refractivity contribution in [2.45, 2.75) is 42.8 Å². The minimum absolute atomic E-state index is 0.0544. The molecule has 24 heavy (non-hydrogen) atoms. The maximum Gasteiger partial charge on any atom is 0.237 e. The summed E-state index contributed by atoms with van der Waals surface area (Å²) < 4.78 is 27.1. The molecule has 0 saturated heterocycles. The SMILES string of the molecule is CC(Sc1nnc(NC(C)(C)C)s1)C(=O)Nc1ccc(F)cc1F. The van der Waals surface area contributed by atoms with Crippen LogP contribution in [0.3, 0.4) is 0 Å². The maximum absolute atomic E-state index is 13.6. The van der Waals surface area contributed by atoms with Crippen LogP contribution in [0.5, 0.6) is 0 Å². The topological polar surface area (TPSA) is 66.9 Å². The second kappa shape index (κ2) is 7.43. The number of carbonyl (C=O) groups is 1. The summed E-state index contributed by atoms with van der Waals surface area (Å²) >= 11 is 2.57. The van der Waals surface area contributed by atoms with Gasteiger partial charge in [0.25, 0.3) is 0 Å². The van der Waals surface area contributed by atoms with Crippen molar-refractivity contribution >= 4 is 39.8 Å². The quantitative estimate of drug-likeness (QED) is 0.772. The van der Waals surface area contributed by atoms with E-state index in [1.807, 2.05) is 20.8 Å². The van der Waals surface area contributed by atoms with Crippen molar-refractivity contribution < 1.29 is 13.6 Å². The average Bonchev–Trinajstić information content (AvgIpc) is 2.86. The van der Waals surface area contributed by atoms with E-state index in [1.165, 1.54) is 29.2 Å². The molecule has 2 aromatic rings. The lowest BCUT2D eigenvalue weighted by Crippen LogP contribution is -2.25. The second-order valence-corrected chi connectivity index (χ2v) is 8.69. The predicted molar refractivity (Wildman–Crippen MR) is 93.6 cm³/mol. The van der Waals surface area contributed by atoms with Gasteiger partial charge in [-0.1, -0.05) is 23.1 Å². The third-order valence-corrected chi connectivity index (χ3v) is 4.75. The number of halogens is 2. The molecule has 2 rings (SSSR count). The van der Waals surface area contributed by atoms with Crippen molar-refractivity contribution in [1.29, 1.82) is 0 Å². The number of hydrogen-bond donors (Lipinski definition) is 2. The molecule has 1 heterocycles. The molecule has 1 aromatic carbocycles. The zero-order chi connectivity index (χ0) is 17.9. The molecule has 0 saturated carbocycles. The third-order valence-electron chi connectivity index (χ3n) is 2.72. The number of thioether (sulfide) groups is 1. The fourth-order valence-corrected chi connectivity index (χ4v) is 3.76. The number of anilines is 2. The van der Waals surface area contributed by atoms with E-state index >= 15 is 0 Å². The molecule has 2 N–H and O–H groups in total. The minimum atomic E-state index is -0.812. The minimum Gasteiger partial charge on any atom is -0.355 e. The third kappa shape index (κ3) is 5.41. The van der Waals surface area contributed by atoms with Crippen LogP contribution in [-0.4, -0.2) is 26.9 Å². The molecule has 1 atom stereocenters. The lowest BCUT2D eigenvalue weighted by Gasteiger charge is -2.18. The van der Waals surface area contributed by atoms with Crippen LogP contribution in [0.15, 0.2) is 22.5 Å². The summed E-state index contributed by atoms with van der Waals surface area (Å²) in [6, 6.07) is 3.00. The zero-order valence-electron chi connectivity index (χ0n) is 13.7. The molecule has 0 spiro atoms. The number of benzene rings is 1. The van der Waals surface area contributed by atoms with Gasteiger partial charge in [0.05, 0.1) is 10.9 Å². The van der Waals surface area contributed by atoms with Gasteiger partial charge < -0.3 is 10.6 Å². The Kier molecular flexibility index (Phi) is 5.76. The summed E-state index contributed by atoms with van der Waals surface area (Å²) in [7, 11) is 0. The summed E-state index contributed by atoms with van der Waals surface area (Å²) in [4.78, 5) is 12.1. The van der Waals surface area contributed by atoms with Crippen molar-refractivity contribution in [1.82, 2.24) is 10.2 Å². The van der Waals surface area contributed by atoms with Crippen LogP contribution in [0, 0.1) is 11.6 Å². The Morgan fingerprint density at radius 3 is 2.62 bits per heavy atom. The van der Waals surface area contributed by atoms with Crippen LogP contribution in [0.2, 0.25) is 0 Å². The molecule has 9 heteroatoms. The molecule has 0 fully saturated rings. The largest absolute Gasteiger partial charge is 0.355 e. The molecule has 0 aliphatic carbocycles. The number of hydrogen-bond acceptors (Lipinski definition) is 6.